The van der Waals surface area contributed by atoms with Crippen LogP contribution in [0, 0.1) is 5.82 Å². The fourth-order valence-corrected chi connectivity index (χ4v) is 4.18. The van der Waals surface area contributed by atoms with E-state index in [0.29, 0.717) is 13.2 Å². The van der Waals surface area contributed by atoms with Crippen molar-refractivity contribution >= 4 is 0 Å². The van der Waals surface area contributed by atoms with E-state index in [1.807, 2.05) is 60.7 Å². The zero-order chi connectivity index (χ0) is 23.6. The molecule has 4 nitrogen and oxygen atoms in total. The molecular formula is C29H33FN2O2. The number of hydrogen-bond donors (Lipinski definition) is 0. The van der Waals surface area contributed by atoms with Crippen LogP contribution in [-0.2, 0) is 11.3 Å². The summed E-state index contributed by atoms with van der Waals surface area (Å²) < 4.78 is 25.8. The number of halogens is 1. The van der Waals surface area contributed by atoms with Crippen LogP contribution in [0.2, 0.25) is 0 Å². The fourth-order valence-electron chi connectivity index (χ4n) is 4.18. The molecule has 178 valence electrons. The van der Waals surface area contributed by atoms with Gasteiger partial charge in [0.1, 0.15) is 24.3 Å². The molecule has 1 aliphatic heterocycles. The van der Waals surface area contributed by atoms with Crippen LogP contribution in [-0.4, -0.2) is 55.7 Å². The molecule has 1 atom stereocenters. The Balaban J connectivity index is 1.36. The van der Waals surface area contributed by atoms with E-state index in [2.05, 4.69) is 16.4 Å². The van der Waals surface area contributed by atoms with Gasteiger partial charge in [0.25, 0.3) is 0 Å². The molecule has 0 N–H and O–H groups in total. The lowest BCUT2D eigenvalue weighted by Gasteiger charge is -2.34. The van der Waals surface area contributed by atoms with Crippen LogP contribution < -0.4 is 4.74 Å². The lowest BCUT2D eigenvalue weighted by atomic mass is 10.0. The van der Waals surface area contributed by atoms with E-state index >= 15 is 0 Å². The van der Waals surface area contributed by atoms with E-state index in [9.17, 15) is 4.39 Å². The summed E-state index contributed by atoms with van der Waals surface area (Å²) in [6.07, 6.45) is 1.70. The summed E-state index contributed by atoms with van der Waals surface area (Å²) in [7, 11) is 0. The van der Waals surface area contributed by atoms with Crippen molar-refractivity contribution in [3.05, 3.63) is 114 Å². The normalized spacial score (nSPS) is 15.7. The summed E-state index contributed by atoms with van der Waals surface area (Å²) in [6.45, 7) is 11.0. The minimum Gasteiger partial charge on any atom is -0.489 e. The molecule has 0 bridgehead atoms. The molecule has 3 aromatic rings. The molecule has 0 aliphatic carbocycles. The van der Waals surface area contributed by atoms with Crippen molar-refractivity contribution < 1.29 is 13.9 Å². The van der Waals surface area contributed by atoms with Crippen LogP contribution in [0.3, 0.4) is 0 Å². The van der Waals surface area contributed by atoms with Gasteiger partial charge >= 0.3 is 0 Å². The molecule has 1 saturated heterocycles. The van der Waals surface area contributed by atoms with E-state index in [4.69, 9.17) is 9.47 Å². The number of nitrogens with zero attached hydrogens (tertiary/aromatic N) is 2. The van der Waals surface area contributed by atoms with Gasteiger partial charge < -0.3 is 9.47 Å². The topological polar surface area (TPSA) is 24.9 Å². The monoisotopic (exact) mass is 460 g/mol. The molecule has 5 heteroatoms. The quantitative estimate of drug-likeness (QED) is 0.362. The minimum atomic E-state index is -0.258. The molecule has 0 amide bonds. The van der Waals surface area contributed by atoms with Gasteiger partial charge in [-0.15, -0.1) is 6.58 Å². The molecule has 1 aliphatic rings. The Labute approximate surface area is 202 Å². The second kappa shape index (κ2) is 12.5. The molecule has 0 aromatic heterocycles. The predicted octanol–water partition coefficient (Wildman–Crippen LogP) is 5.31. The van der Waals surface area contributed by atoms with Gasteiger partial charge in [-0.1, -0.05) is 60.7 Å². The molecular weight excluding hydrogens is 427 g/mol. The molecule has 34 heavy (non-hydrogen) atoms. The molecule has 4 rings (SSSR count). The number of rotatable bonds is 11. The first-order valence-electron chi connectivity index (χ1n) is 11.9. The summed E-state index contributed by atoms with van der Waals surface area (Å²) in [5.41, 5.74) is 3.09. The highest BCUT2D eigenvalue weighted by Gasteiger charge is 2.18. The third kappa shape index (κ3) is 7.00. The average Bonchev–Trinajstić information content (AvgIpc) is 2.88. The lowest BCUT2D eigenvalue weighted by Crippen LogP contribution is -2.47. The highest BCUT2D eigenvalue weighted by Crippen LogP contribution is 2.28. The van der Waals surface area contributed by atoms with Crippen LogP contribution in [0.5, 0.6) is 5.75 Å². The summed E-state index contributed by atoms with van der Waals surface area (Å²) in [5, 5.41) is 0. The second-order valence-electron chi connectivity index (χ2n) is 8.58. The van der Waals surface area contributed by atoms with Gasteiger partial charge in [-0.05, 0) is 41.0 Å². The molecule has 1 heterocycles. The maximum atomic E-state index is 13.5. The third-order valence-corrected chi connectivity index (χ3v) is 6.15. The van der Waals surface area contributed by atoms with E-state index in [-0.39, 0.29) is 11.9 Å². The summed E-state index contributed by atoms with van der Waals surface area (Å²) in [5.74, 6) is 0.562. The SMILES string of the molecule is C=CCN1CCN(CCOC(c2ccc(F)cc2)c2ccc(OCc3ccccc3)cc2)CC1. The van der Waals surface area contributed by atoms with Crippen LogP contribution in [0.25, 0.3) is 0 Å². The first-order chi connectivity index (χ1) is 16.7. The van der Waals surface area contributed by atoms with Crippen molar-refractivity contribution in [3.8, 4) is 5.75 Å². The Hall–Kier alpha value is -2.99. The Kier molecular flexibility index (Phi) is 8.85. The predicted molar refractivity (Wildman–Crippen MR) is 134 cm³/mol. The average molecular weight is 461 g/mol. The summed E-state index contributed by atoms with van der Waals surface area (Å²) in [4.78, 5) is 4.84. The zero-order valence-electron chi connectivity index (χ0n) is 19.6. The molecule has 1 fully saturated rings. The Morgan fingerprint density at radius 2 is 1.44 bits per heavy atom. The van der Waals surface area contributed by atoms with Crippen LogP contribution in [0.15, 0.2) is 91.5 Å². The third-order valence-electron chi connectivity index (χ3n) is 6.15. The molecule has 3 aromatic carbocycles. The van der Waals surface area contributed by atoms with E-state index in [1.165, 1.54) is 12.1 Å². The van der Waals surface area contributed by atoms with E-state index in [1.54, 1.807) is 12.1 Å². The van der Waals surface area contributed by atoms with Gasteiger partial charge in [0.05, 0.1) is 6.61 Å². The first-order valence-corrected chi connectivity index (χ1v) is 11.9. The Morgan fingerprint density at radius 1 is 0.824 bits per heavy atom. The van der Waals surface area contributed by atoms with E-state index in [0.717, 1.165) is 61.7 Å². The number of piperazine rings is 1. The molecule has 0 radical (unpaired) electrons. The molecule has 0 spiro atoms. The minimum absolute atomic E-state index is 0.246. The fraction of sp³-hybridized carbons (Fsp3) is 0.310. The number of benzene rings is 3. The smallest absolute Gasteiger partial charge is 0.123 e. The second-order valence-corrected chi connectivity index (χ2v) is 8.58. The standard InChI is InChI=1S/C29H33FN2O2/c1-2-16-31-17-19-32(20-18-31)21-22-33-29(25-8-12-27(30)13-9-25)26-10-14-28(15-11-26)34-23-24-6-4-3-5-7-24/h2-15,29H,1,16-23H2. The molecule has 0 saturated carbocycles. The van der Waals surface area contributed by atoms with Crippen molar-refractivity contribution in [2.24, 2.45) is 0 Å². The largest absolute Gasteiger partial charge is 0.489 e. The van der Waals surface area contributed by atoms with Gasteiger partial charge in [0.15, 0.2) is 0 Å². The van der Waals surface area contributed by atoms with Gasteiger partial charge in [0.2, 0.25) is 0 Å². The first kappa shape index (κ1) is 24.1. The Bertz CT molecular complexity index is 1000. The molecule has 1 unspecified atom stereocenters. The van der Waals surface area contributed by atoms with Crippen molar-refractivity contribution in [3.63, 3.8) is 0 Å². The summed E-state index contributed by atoms with van der Waals surface area (Å²) >= 11 is 0. The Morgan fingerprint density at radius 3 is 2.09 bits per heavy atom. The van der Waals surface area contributed by atoms with Gasteiger partial charge in [-0.3, -0.25) is 9.80 Å². The van der Waals surface area contributed by atoms with Crippen LogP contribution in [0.1, 0.15) is 22.8 Å². The highest BCUT2D eigenvalue weighted by atomic mass is 19.1. The highest BCUT2D eigenvalue weighted by molar-refractivity contribution is 5.34. The van der Waals surface area contributed by atoms with Crippen molar-refractivity contribution in [2.75, 3.05) is 45.9 Å². The van der Waals surface area contributed by atoms with Crippen LogP contribution >= 0.6 is 0 Å². The summed E-state index contributed by atoms with van der Waals surface area (Å²) in [6, 6.07) is 24.7. The van der Waals surface area contributed by atoms with Gasteiger partial charge in [0, 0.05) is 39.3 Å². The van der Waals surface area contributed by atoms with Gasteiger partial charge in [-0.2, -0.15) is 0 Å². The number of ether oxygens (including phenoxy) is 2. The van der Waals surface area contributed by atoms with Gasteiger partial charge in [-0.25, -0.2) is 4.39 Å². The lowest BCUT2D eigenvalue weighted by molar-refractivity contribution is 0.0467. The van der Waals surface area contributed by atoms with E-state index < -0.39 is 0 Å². The zero-order valence-corrected chi connectivity index (χ0v) is 19.6. The van der Waals surface area contributed by atoms with Crippen molar-refractivity contribution in [1.82, 2.24) is 9.80 Å². The maximum Gasteiger partial charge on any atom is 0.123 e. The van der Waals surface area contributed by atoms with Crippen molar-refractivity contribution in [1.29, 1.82) is 0 Å². The number of hydrogen-bond acceptors (Lipinski definition) is 4. The van der Waals surface area contributed by atoms with Crippen LogP contribution in [0.4, 0.5) is 4.39 Å². The van der Waals surface area contributed by atoms with Crippen molar-refractivity contribution in [2.45, 2.75) is 12.7 Å². The maximum absolute atomic E-state index is 13.5.